The number of hydrogen-bond acceptors (Lipinski definition) is 3. The Hall–Kier alpha value is -1.10. The third kappa shape index (κ3) is 3.45. The monoisotopic (exact) mass is 308 g/mol. The summed E-state index contributed by atoms with van der Waals surface area (Å²) in [6.07, 6.45) is 8.12. The summed E-state index contributed by atoms with van der Waals surface area (Å²) in [5, 5.41) is 2.92. The van der Waals surface area contributed by atoms with Gasteiger partial charge in [-0.25, -0.2) is 0 Å². The second-order valence-electron chi connectivity index (χ2n) is 7.10. The van der Waals surface area contributed by atoms with E-state index >= 15 is 0 Å². The Morgan fingerprint density at radius 3 is 2.50 bits per heavy atom. The molecule has 5 nitrogen and oxygen atoms in total. The van der Waals surface area contributed by atoms with Crippen LogP contribution in [0.25, 0.3) is 0 Å². The number of amides is 2. The molecule has 5 heteroatoms. The second kappa shape index (κ2) is 6.99. The lowest BCUT2D eigenvalue weighted by molar-refractivity contribution is -0.146. The molecule has 1 saturated heterocycles. The molecule has 1 aliphatic heterocycles. The van der Waals surface area contributed by atoms with E-state index in [0.29, 0.717) is 25.6 Å². The maximum Gasteiger partial charge on any atom is 0.245 e. The van der Waals surface area contributed by atoms with Crippen molar-refractivity contribution >= 4 is 11.8 Å². The number of hydrogen-bond donors (Lipinski definition) is 1. The van der Waals surface area contributed by atoms with E-state index in [1.54, 1.807) is 0 Å². The minimum atomic E-state index is -0.423. The van der Waals surface area contributed by atoms with Crippen molar-refractivity contribution in [3.63, 3.8) is 0 Å². The molecule has 0 spiro atoms. The van der Waals surface area contributed by atoms with Crippen molar-refractivity contribution in [3.8, 4) is 0 Å². The summed E-state index contributed by atoms with van der Waals surface area (Å²) in [6, 6.07) is -0.423. The average molecular weight is 308 g/mol. The van der Waals surface area contributed by atoms with Crippen LogP contribution in [0.15, 0.2) is 0 Å². The van der Waals surface area contributed by atoms with E-state index in [1.165, 1.54) is 19.3 Å². The summed E-state index contributed by atoms with van der Waals surface area (Å²) < 4.78 is 5.82. The maximum absolute atomic E-state index is 12.6. The summed E-state index contributed by atoms with van der Waals surface area (Å²) in [5.41, 5.74) is 0. The van der Waals surface area contributed by atoms with Gasteiger partial charge >= 0.3 is 0 Å². The van der Waals surface area contributed by atoms with Crippen LogP contribution in [0.2, 0.25) is 0 Å². The maximum atomic E-state index is 12.6. The van der Waals surface area contributed by atoms with Crippen LogP contribution < -0.4 is 5.32 Å². The van der Waals surface area contributed by atoms with Gasteiger partial charge in [-0.15, -0.1) is 0 Å². The number of carbonyl (C=O) groups is 2. The topological polar surface area (TPSA) is 58.6 Å². The van der Waals surface area contributed by atoms with E-state index in [-0.39, 0.29) is 23.8 Å². The Labute approximate surface area is 132 Å². The van der Waals surface area contributed by atoms with Gasteiger partial charge < -0.3 is 15.0 Å². The van der Waals surface area contributed by atoms with Crippen molar-refractivity contribution in [2.75, 3.05) is 19.7 Å². The van der Waals surface area contributed by atoms with Crippen LogP contribution in [-0.2, 0) is 14.3 Å². The number of morpholine rings is 1. The van der Waals surface area contributed by atoms with Gasteiger partial charge in [0.2, 0.25) is 11.8 Å². The first-order chi connectivity index (χ1) is 10.6. The molecule has 0 aromatic heterocycles. The Bertz CT molecular complexity index is 416. The molecular weight excluding hydrogens is 280 g/mol. The van der Waals surface area contributed by atoms with Crippen molar-refractivity contribution in [1.82, 2.24) is 10.2 Å². The molecule has 3 rings (SSSR count). The van der Waals surface area contributed by atoms with Crippen LogP contribution in [0, 0.1) is 11.8 Å². The highest BCUT2D eigenvalue weighted by Gasteiger charge is 2.35. The molecule has 2 saturated carbocycles. The molecular formula is C17H28N2O3. The standard InChI is InChI=1S/C17H28N2O3/c1-12(18-16(20)14-5-2-3-6-14)17(21)19-9-10-22-15(11-19)13-7-4-8-13/h12-15H,2-11H2,1H3,(H,18,20). The van der Waals surface area contributed by atoms with Gasteiger partial charge in [0.15, 0.2) is 0 Å². The second-order valence-corrected chi connectivity index (χ2v) is 7.10. The predicted molar refractivity (Wildman–Crippen MR) is 83.2 cm³/mol. The fourth-order valence-corrected chi connectivity index (χ4v) is 3.83. The number of carbonyl (C=O) groups excluding carboxylic acids is 2. The van der Waals surface area contributed by atoms with Crippen molar-refractivity contribution in [1.29, 1.82) is 0 Å². The summed E-state index contributed by atoms with van der Waals surface area (Å²) >= 11 is 0. The lowest BCUT2D eigenvalue weighted by atomic mass is 9.80. The largest absolute Gasteiger partial charge is 0.374 e. The molecule has 0 aromatic rings. The minimum Gasteiger partial charge on any atom is -0.374 e. The molecule has 2 unspecified atom stereocenters. The number of ether oxygens (including phenoxy) is 1. The van der Waals surface area contributed by atoms with Crippen molar-refractivity contribution in [2.24, 2.45) is 11.8 Å². The highest BCUT2D eigenvalue weighted by Crippen LogP contribution is 2.32. The summed E-state index contributed by atoms with van der Waals surface area (Å²) in [7, 11) is 0. The fourth-order valence-electron chi connectivity index (χ4n) is 3.83. The molecule has 2 aliphatic carbocycles. The molecule has 3 aliphatic rings. The molecule has 1 heterocycles. The van der Waals surface area contributed by atoms with Gasteiger partial charge in [0.05, 0.1) is 12.7 Å². The highest BCUT2D eigenvalue weighted by molar-refractivity contribution is 5.88. The van der Waals surface area contributed by atoms with E-state index < -0.39 is 6.04 Å². The Morgan fingerprint density at radius 2 is 1.86 bits per heavy atom. The highest BCUT2D eigenvalue weighted by atomic mass is 16.5. The van der Waals surface area contributed by atoms with Gasteiger partial charge in [0.25, 0.3) is 0 Å². The quantitative estimate of drug-likeness (QED) is 0.860. The lowest BCUT2D eigenvalue weighted by Gasteiger charge is -2.41. The zero-order chi connectivity index (χ0) is 15.5. The lowest BCUT2D eigenvalue weighted by Crippen LogP contribution is -2.55. The molecule has 3 fully saturated rings. The van der Waals surface area contributed by atoms with E-state index in [2.05, 4.69) is 5.32 Å². The van der Waals surface area contributed by atoms with Crippen LogP contribution in [0.5, 0.6) is 0 Å². The Kier molecular flexibility index (Phi) is 5.01. The fraction of sp³-hybridized carbons (Fsp3) is 0.882. The van der Waals surface area contributed by atoms with Gasteiger partial charge in [-0.3, -0.25) is 9.59 Å². The van der Waals surface area contributed by atoms with E-state index in [9.17, 15) is 9.59 Å². The first kappa shape index (κ1) is 15.8. The van der Waals surface area contributed by atoms with Gasteiger partial charge in [-0.05, 0) is 38.5 Å². The predicted octanol–water partition coefficient (Wildman–Crippen LogP) is 1.71. The third-order valence-corrected chi connectivity index (χ3v) is 5.54. The van der Waals surface area contributed by atoms with Crippen LogP contribution in [-0.4, -0.2) is 48.6 Å². The first-order valence-corrected chi connectivity index (χ1v) is 8.86. The molecule has 1 N–H and O–H groups in total. The Balaban J connectivity index is 1.49. The van der Waals surface area contributed by atoms with E-state index in [4.69, 9.17) is 4.74 Å². The van der Waals surface area contributed by atoms with Gasteiger partial charge in [0.1, 0.15) is 6.04 Å². The molecule has 2 atom stereocenters. The zero-order valence-electron chi connectivity index (χ0n) is 13.6. The Morgan fingerprint density at radius 1 is 1.14 bits per heavy atom. The average Bonchev–Trinajstić information content (AvgIpc) is 2.99. The summed E-state index contributed by atoms with van der Waals surface area (Å²) in [4.78, 5) is 26.6. The van der Waals surface area contributed by atoms with Crippen LogP contribution in [0.4, 0.5) is 0 Å². The molecule has 2 amide bonds. The van der Waals surface area contributed by atoms with Crippen LogP contribution in [0.3, 0.4) is 0 Å². The van der Waals surface area contributed by atoms with Gasteiger partial charge in [-0.2, -0.15) is 0 Å². The molecule has 22 heavy (non-hydrogen) atoms. The number of nitrogens with one attached hydrogen (secondary N) is 1. The van der Waals surface area contributed by atoms with Gasteiger partial charge in [-0.1, -0.05) is 19.3 Å². The van der Waals surface area contributed by atoms with Crippen LogP contribution >= 0.6 is 0 Å². The minimum absolute atomic E-state index is 0.0407. The SMILES string of the molecule is CC(NC(=O)C1CCCC1)C(=O)N1CCOC(C2CCC2)C1. The van der Waals surface area contributed by atoms with Crippen molar-refractivity contribution < 1.29 is 14.3 Å². The van der Waals surface area contributed by atoms with E-state index in [1.807, 2.05) is 11.8 Å². The van der Waals surface area contributed by atoms with E-state index in [0.717, 1.165) is 25.7 Å². The first-order valence-electron chi connectivity index (χ1n) is 8.86. The number of nitrogens with zero attached hydrogens (tertiary/aromatic N) is 1. The summed E-state index contributed by atoms with van der Waals surface area (Å²) in [6.45, 7) is 3.76. The third-order valence-electron chi connectivity index (χ3n) is 5.54. The molecule has 0 aromatic carbocycles. The molecule has 0 bridgehead atoms. The van der Waals surface area contributed by atoms with Gasteiger partial charge in [0, 0.05) is 19.0 Å². The molecule has 0 radical (unpaired) electrons. The normalized spacial score (nSPS) is 28.2. The summed E-state index contributed by atoms with van der Waals surface area (Å²) in [5.74, 6) is 0.836. The van der Waals surface area contributed by atoms with Crippen molar-refractivity contribution in [2.45, 2.75) is 64.0 Å². The van der Waals surface area contributed by atoms with Crippen molar-refractivity contribution in [3.05, 3.63) is 0 Å². The zero-order valence-corrected chi connectivity index (χ0v) is 13.6. The number of rotatable bonds is 4. The van der Waals surface area contributed by atoms with Crippen LogP contribution in [0.1, 0.15) is 51.9 Å². The molecule has 124 valence electrons. The smallest absolute Gasteiger partial charge is 0.245 e.